The van der Waals surface area contributed by atoms with Gasteiger partial charge in [-0.1, -0.05) is 32.5 Å². The molecular weight excluding hydrogens is 246 g/mol. The van der Waals surface area contributed by atoms with Crippen LogP contribution in [0.25, 0.3) is 0 Å². The predicted octanol–water partition coefficient (Wildman–Crippen LogP) is 1.24. The van der Waals surface area contributed by atoms with Crippen LogP contribution in [0, 0.1) is 5.92 Å². The fourth-order valence-corrected chi connectivity index (χ4v) is 2.70. The zero-order valence-electron chi connectivity index (χ0n) is 11.7. The zero-order valence-corrected chi connectivity index (χ0v) is 12.5. The number of nitrogens with zero attached hydrogens (tertiary/aromatic N) is 2. The minimum atomic E-state index is -0.272. The lowest BCUT2D eigenvalue weighted by molar-refractivity contribution is -0.136. The molecule has 1 aliphatic rings. The summed E-state index contributed by atoms with van der Waals surface area (Å²) in [5.41, 5.74) is 5.70. The minimum absolute atomic E-state index is 0.121. The molecule has 104 valence electrons. The van der Waals surface area contributed by atoms with Crippen LogP contribution in [0.3, 0.4) is 0 Å². The van der Waals surface area contributed by atoms with E-state index in [1.54, 1.807) is 0 Å². The van der Waals surface area contributed by atoms with Crippen LogP contribution in [-0.4, -0.2) is 53.4 Å². The Labute approximate surface area is 115 Å². The largest absolute Gasteiger partial charge is 0.393 e. The Balaban J connectivity index is 2.68. The first kappa shape index (κ1) is 15.4. The van der Waals surface area contributed by atoms with Crippen molar-refractivity contribution in [3.8, 4) is 0 Å². The maximum Gasteiger partial charge on any atom is 0.232 e. The van der Waals surface area contributed by atoms with Crippen LogP contribution in [-0.2, 0) is 4.79 Å². The molecular formula is C13H25N3OS. The van der Waals surface area contributed by atoms with E-state index in [4.69, 9.17) is 18.0 Å². The van der Waals surface area contributed by atoms with Gasteiger partial charge in [-0.05, 0) is 19.9 Å². The molecule has 1 aliphatic heterocycles. The molecule has 1 heterocycles. The average Bonchev–Trinajstić information content (AvgIpc) is 2.35. The van der Waals surface area contributed by atoms with Gasteiger partial charge in [0.1, 0.15) is 0 Å². The van der Waals surface area contributed by atoms with Gasteiger partial charge < -0.3 is 10.6 Å². The van der Waals surface area contributed by atoms with Crippen molar-refractivity contribution >= 4 is 23.1 Å². The minimum Gasteiger partial charge on any atom is -0.393 e. The molecule has 0 aromatic heterocycles. The number of nitrogens with two attached hydrogens (primary N) is 1. The third-order valence-corrected chi connectivity index (χ3v) is 4.06. The fraction of sp³-hybridized carbons (Fsp3) is 0.846. The fourth-order valence-electron chi connectivity index (χ4n) is 2.48. The smallest absolute Gasteiger partial charge is 0.232 e. The predicted molar refractivity (Wildman–Crippen MR) is 78.5 cm³/mol. The van der Waals surface area contributed by atoms with E-state index in [9.17, 15) is 4.79 Å². The van der Waals surface area contributed by atoms with Gasteiger partial charge in [0.2, 0.25) is 5.91 Å². The van der Waals surface area contributed by atoms with E-state index in [1.807, 2.05) is 4.90 Å². The summed E-state index contributed by atoms with van der Waals surface area (Å²) in [6, 6.07) is 0.455. The van der Waals surface area contributed by atoms with Crippen molar-refractivity contribution in [2.24, 2.45) is 11.7 Å². The molecule has 5 heteroatoms. The summed E-state index contributed by atoms with van der Waals surface area (Å²) in [5.74, 6) is -0.151. The van der Waals surface area contributed by atoms with Crippen LogP contribution in [0.1, 0.15) is 33.1 Å². The first-order valence-electron chi connectivity index (χ1n) is 6.79. The summed E-state index contributed by atoms with van der Waals surface area (Å²) in [6.07, 6.45) is 2.75. The van der Waals surface area contributed by atoms with Crippen molar-refractivity contribution in [1.82, 2.24) is 9.80 Å². The third kappa shape index (κ3) is 3.65. The Morgan fingerprint density at radius 1 is 1.44 bits per heavy atom. The Bertz CT molecular complexity index is 309. The van der Waals surface area contributed by atoms with Gasteiger partial charge in [0, 0.05) is 25.7 Å². The number of piperazine rings is 1. The van der Waals surface area contributed by atoms with Crippen molar-refractivity contribution < 1.29 is 4.79 Å². The van der Waals surface area contributed by atoms with Crippen molar-refractivity contribution in [2.45, 2.75) is 39.2 Å². The number of hydrogen-bond donors (Lipinski definition) is 1. The second-order valence-electron chi connectivity index (χ2n) is 5.07. The maximum atomic E-state index is 12.4. The molecule has 0 aromatic carbocycles. The first-order chi connectivity index (χ1) is 8.51. The normalized spacial score (nSPS) is 22.8. The van der Waals surface area contributed by atoms with Crippen LogP contribution in [0.4, 0.5) is 0 Å². The van der Waals surface area contributed by atoms with Gasteiger partial charge in [0.15, 0.2) is 0 Å². The van der Waals surface area contributed by atoms with E-state index in [1.165, 1.54) is 0 Å². The van der Waals surface area contributed by atoms with Crippen molar-refractivity contribution in [1.29, 1.82) is 0 Å². The number of thiocarbonyl (C=S) groups is 1. The Morgan fingerprint density at radius 2 is 2.11 bits per heavy atom. The standard InChI is InChI=1S/C13H25N3OS/c1-4-6-11(12(14)18)13(17)16-8-7-15(3)10(5-2)9-16/h10-11H,4-9H2,1-3H3,(H2,14,18). The van der Waals surface area contributed by atoms with Gasteiger partial charge in [0.05, 0.1) is 10.9 Å². The molecule has 0 aromatic rings. The summed E-state index contributed by atoms with van der Waals surface area (Å²) >= 11 is 5.03. The van der Waals surface area contributed by atoms with Crippen LogP contribution < -0.4 is 5.73 Å². The van der Waals surface area contributed by atoms with Crippen LogP contribution in [0.5, 0.6) is 0 Å². The number of likely N-dealkylation sites (N-methyl/N-ethyl adjacent to an activating group) is 1. The van der Waals surface area contributed by atoms with Crippen LogP contribution >= 0.6 is 12.2 Å². The number of carbonyl (C=O) groups excluding carboxylic acids is 1. The highest BCUT2D eigenvalue weighted by Crippen LogP contribution is 2.16. The van der Waals surface area contributed by atoms with Gasteiger partial charge >= 0.3 is 0 Å². The highest BCUT2D eigenvalue weighted by Gasteiger charge is 2.31. The number of hydrogen-bond acceptors (Lipinski definition) is 3. The summed E-state index contributed by atoms with van der Waals surface area (Å²) in [4.78, 5) is 17.0. The molecule has 0 aliphatic carbocycles. The molecule has 1 amide bonds. The summed E-state index contributed by atoms with van der Waals surface area (Å²) < 4.78 is 0. The first-order valence-corrected chi connectivity index (χ1v) is 7.20. The number of carbonyl (C=O) groups is 1. The van der Waals surface area contributed by atoms with Gasteiger partial charge in [-0.25, -0.2) is 0 Å². The van der Waals surface area contributed by atoms with Gasteiger partial charge in [-0.15, -0.1) is 0 Å². The summed E-state index contributed by atoms with van der Waals surface area (Å²) in [5, 5.41) is 0. The maximum absolute atomic E-state index is 12.4. The second kappa shape index (κ2) is 7.04. The molecule has 4 nitrogen and oxygen atoms in total. The topological polar surface area (TPSA) is 49.6 Å². The van der Waals surface area contributed by atoms with E-state index < -0.39 is 0 Å². The van der Waals surface area contributed by atoms with E-state index in [0.717, 1.165) is 38.9 Å². The SMILES string of the molecule is CCCC(C(=O)N1CCN(C)C(CC)C1)C(N)=S. The van der Waals surface area contributed by atoms with E-state index in [2.05, 4.69) is 25.8 Å². The quantitative estimate of drug-likeness (QED) is 0.764. The van der Waals surface area contributed by atoms with E-state index in [0.29, 0.717) is 11.0 Å². The van der Waals surface area contributed by atoms with E-state index >= 15 is 0 Å². The van der Waals surface area contributed by atoms with Crippen molar-refractivity contribution in [3.05, 3.63) is 0 Å². The highest BCUT2D eigenvalue weighted by atomic mass is 32.1. The monoisotopic (exact) mass is 271 g/mol. The van der Waals surface area contributed by atoms with Crippen LogP contribution in [0.2, 0.25) is 0 Å². The molecule has 18 heavy (non-hydrogen) atoms. The third-order valence-electron chi connectivity index (χ3n) is 3.78. The van der Waals surface area contributed by atoms with Gasteiger partial charge in [-0.3, -0.25) is 9.69 Å². The molecule has 0 spiro atoms. The molecule has 1 saturated heterocycles. The molecule has 2 unspecified atom stereocenters. The van der Waals surface area contributed by atoms with Crippen molar-refractivity contribution in [3.63, 3.8) is 0 Å². The van der Waals surface area contributed by atoms with E-state index in [-0.39, 0.29) is 11.8 Å². The summed E-state index contributed by atoms with van der Waals surface area (Å²) in [7, 11) is 2.12. The summed E-state index contributed by atoms with van der Waals surface area (Å²) in [6.45, 7) is 6.73. The highest BCUT2D eigenvalue weighted by molar-refractivity contribution is 7.80. The van der Waals surface area contributed by atoms with Crippen molar-refractivity contribution in [2.75, 3.05) is 26.7 Å². The van der Waals surface area contributed by atoms with Crippen LogP contribution in [0.15, 0.2) is 0 Å². The molecule has 1 rings (SSSR count). The number of amides is 1. The Kier molecular flexibility index (Phi) is 6.02. The second-order valence-corrected chi connectivity index (χ2v) is 5.54. The molecule has 0 radical (unpaired) electrons. The van der Waals surface area contributed by atoms with Gasteiger partial charge in [-0.2, -0.15) is 0 Å². The molecule has 2 N–H and O–H groups in total. The lowest BCUT2D eigenvalue weighted by Crippen LogP contribution is -2.55. The molecule has 2 atom stereocenters. The molecule has 1 fully saturated rings. The van der Waals surface area contributed by atoms with Gasteiger partial charge in [0.25, 0.3) is 0 Å². The number of rotatable bonds is 5. The zero-order chi connectivity index (χ0) is 13.7. The Morgan fingerprint density at radius 3 is 2.61 bits per heavy atom. The average molecular weight is 271 g/mol. The lowest BCUT2D eigenvalue weighted by atomic mass is 10.0. The molecule has 0 saturated carbocycles. The molecule has 0 bridgehead atoms. The lowest BCUT2D eigenvalue weighted by Gasteiger charge is -2.40. The Hall–Kier alpha value is -0.680.